The Morgan fingerprint density at radius 3 is 2.75 bits per heavy atom. The third-order valence-corrected chi connectivity index (χ3v) is 1.79. The molecule has 1 heterocycles. The lowest BCUT2D eigenvalue weighted by Crippen LogP contribution is -2.06. The van der Waals surface area contributed by atoms with Gasteiger partial charge in [-0.05, 0) is 26.0 Å². The summed E-state index contributed by atoms with van der Waals surface area (Å²) >= 11 is 0. The van der Waals surface area contributed by atoms with E-state index >= 15 is 0 Å². The summed E-state index contributed by atoms with van der Waals surface area (Å²) in [6, 6.07) is 4.46. The van der Waals surface area contributed by atoms with Gasteiger partial charge in [0.2, 0.25) is 5.95 Å². The van der Waals surface area contributed by atoms with Gasteiger partial charge in [-0.15, -0.1) is 0 Å². The second-order valence-corrected chi connectivity index (χ2v) is 2.72. The van der Waals surface area contributed by atoms with Crippen molar-refractivity contribution in [1.29, 1.82) is 0 Å². The number of ketones is 1. The number of Topliss-reactive ketones (excluding diaryl/α,β-unsaturated/α-hetero) is 1. The highest BCUT2D eigenvalue weighted by molar-refractivity contribution is 5.82. The molecule has 0 saturated carbocycles. The Hall–Kier alpha value is -1.25. The molecule has 0 fully saturated rings. The first-order valence-corrected chi connectivity index (χ1v) is 3.74. The number of carbonyl (C=O) groups is 1. The zero-order valence-electron chi connectivity index (χ0n) is 7.04. The number of carbonyl (C=O) groups excluding carboxylic acids is 1. The molecular formula is C9H10FNO. The molecule has 0 aliphatic rings. The molecule has 0 N–H and O–H groups in total. The molecule has 0 bridgehead atoms. The van der Waals surface area contributed by atoms with Crippen molar-refractivity contribution in [3.8, 4) is 0 Å². The van der Waals surface area contributed by atoms with Gasteiger partial charge >= 0.3 is 0 Å². The number of nitrogens with zero attached hydrogens (tertiary/aromatic N) is 1. The van der Waals surface area contributed by atoms with E-state index in [1.165, 1.54) is 13.0 Å². The summed E-state index contributed by atoms with van der Waals surface area (Å²) in [7, 11) is 0. The minimum Gasteiger partial charge on any atom is -0.299 e. The summed E-state index contributed by atoms with van der Waals surface area (Å²) in [5, 5.41) is 0. The fourth-order valence-corrected chi connectivity index (χ4v) is 0.873. The van der Waals surface area contributed by atoms with Gasteiger partial charge in [0.05, 0.1) is 11.6 Å². The number of hydrogen-bond donors (Lipinski definition) is 0. The Labute approximate surface area is 70.4 Å². The second kappa shape index (κ2) is 3.43. The number of hydrogen-bond acceptors (Lipinski definition) is 2. The molecule has 0 aromatic carbocycles. The van der Waals surface area contributed by atoms with Crippen LogP contribution in [0.25, 0.3) is 0 Å². The van der Waals surface area contributed by atoms with Crippen LogP contribution in [0.15, 0.2) is 18.2 Å². The highest BCUT2D eigenvalue weighted by Crippen LogP contribution is 2.12. The molecule has 2 nitrogen and oxygen atoms in total. The minimum absolute atomic E-state index is 0.00639. The van der Waals surface area contributed by atoms with E-state index in [2.05, 4.69) is 4.98 Å². The molecule has 0 saturated heterocycles. The fraction of sp³-hybridized carbons (Fsp3) is 0.333. The van der Waals surface area contributed by atoms with Crippen LogP contribution < -0.4 is 0 Å². The monoisotopic (exact) mass is 167 g/mol. The number of rotatable bonds is 2. The molecule has 0 aliphatic carbocycles. The van der Waals surface area contributed by atoms with E-state index in [1.54, 1.807) is 19.1 Å². The van der Waals surface area contributed by atoms with E-state index in [1.807, 2.05) is 0 Å². The van der Waals surface area contributed by atoms with Gasteiger partial charge in [0.1, 0.15) is 5.78 Å². The first-order chi connectivity index (χ1) is 5.61. The first kappa shape index (κ1) is 8.84. The Morgan fingerprint density at radius 1 is 1.58 bits per heavy atom. The number of halogens is 1. The van der Waals surface area contributed by atoms with Crippen LogP contribution in [0, 0.1) is 5.95 Å². The zero-order chi connectivity index (χ0) is 9.14. The van der Waals surface area contributed by atoms with Crippen LogP contribution in [0.2, 0.25) is 0 Å². The molecule has 1 aromatic rings. The van der Waals surface area contributed by atoms with Crippen molar-refractivity contribution >= 4 is 5.78 Å². The lowest BCUT2D eigenvalue weighted by atomic mass is 10.0. The molecule has 64 valence electrons. The Balaban J connectivity index is 2.95. The van der Waals surface area contributed by atoms with Crippen molar-refractivity contribution in [3.05, 3.63) is 29.8 Å². The van der Waals surface area contributed by atoms with Crippen LogP contribution in [-0.4, -0.2) is 10.8 Å². The van der Waals surface area contributed by atoms with E-state index in [0.717, 1.165) is 0 Å². The van der Waals surface area contributed by atoms with Crippen LogP contribution in [0.3, 0.4) is 0 Å². The molecule has 1 unspecified atom stereocenters. The smallest absolute Gasteiger partial charge is 0.213 e. The molecular weight excluding hydrogens is 157 g/mol. The van der Waals surface area contributed by atoms with Crippen LogP contribution >= 0.6 is 0 Å². The summed E-state index contributed by atoms with van der Waals surface area (Å²) in [5.74, 6) is -0.866. The topological polar surface area (TPSA) is 30.0 Å². The van der Waals surface area contributed by atoms with Gasteiger partial charge in [0.15, 0.2) is 0 Å². The largest absolute Gasteiger partial charge is 0.299 e. The van der Waals surface area contributed by atoms with Gasteiger partial charge in [0, 0.05) is 0 Å². The van der Waals surface area contributed by atoms with Gasteiger partial charge in [-0.25, -0.2) is 4.98 Å². The van der Waals surface area contributed by atoms with Crippen molar-refractivity contribution in [2.24, 2.45) is 0 Å². The van der Waals surface area contributed by atoms with Crippen LogP contribution in [0.5, 0.6) is 0 Å². The molecule has 0 amide bonds. The molecule has 0 radical (unpaired) electrons. The standard InChI is InChI=1S/C9H10FNO/c1-6(7(2)12)8-4-3-5-9(10)11-8/h3-6H,1-2H3. The predicted octanol–water partition coefficient (Wildman–Crippen LogP) is 1.91. The Kier molecular flexibility index (Phi) is 2.53. The summed E-state index contributed by atoms with van der Waals surface area (Å²) in [5.41, 5.74) is 0.488. The van der Waals surface area contributed by atoms with Gasteiger partial charge < -0.3 is 0 Å². The zero-order valence-corrected chi connectivity index (χ0v) is 7.04. The second-order valence-electron chi connectivity index (χ2n) is 2.72. The van der Waals surface area contributed by atoms with Gasteiger partial charge in [0.25, 0.3) is 0 Å². The van der Waals surface area contributed by atoms with Crippen LogP contribution in [-0.2, 0) is 4.79 Å². The van der Waals surface area contributed by atoms with Gasteiger partial charge in [-0.2, -0.15) is 4.39 Å². The third kappa shape index (κ3) is 1.87. The van der Waals surface area contributed by atoms with Crippen molar-refractivity contribution in [2.45, 2.75) is 19.8 Å². The van der Waals surface area contributed by atoms with Crippen molar-refractivity contribution < 1.29 is 9.18 Å². The third-order valence-electron chi connectivity index (χ3n) is 1.79. The first-order valence-electron chi connectivity index (χ1n) is 3.74. The van der Waals surface area contributed by atoms with Gasteiger partial charge in [-0.3, -0.25) is 4.79 Å². The van der Waals surface area contributed by atoms with E-state index < -0.39 is 5.95 Å². The molecule has 1 aromatic heterocycles. The average Bonchev–Trinajstić information content (AvgIpc) is 2.03. The summed E-state index contributed by atoms with van der Waals surface area (Å²) in [6.45, 7) is 3.18. The fourth-order valence-electron chi connectivity index (χ4n) is 0.873. The SMILES string of the molecule is CC(=O)C(C)c1cccc(F)n1. The molecule has 1 rings (SSSR count). The highest BCUT2D eigenvalue weighted by atomic mass is 19.1. The van der Waals surface area contributed by atoms with Crippen LogP contribution in [0.4, 0.5) is 4.39 Å². The maximum atomic E-state index is 12.6. The Bertz CT molecular complexity index is 298. The number of aromatic nitrogens is 1. The molecule has 0 aliphatic heterocycles. The maximum absolute atomic E-state index is 12.6. The van der Waals surface area contributed by atoms with E-state index in [0.29, 0.717) is 5.69 Å². The minimum atomic E-state index is -0.541. The van der Waals surface area contributed by atoms with Crippen molar-refractivity contribution in [1.82, 2.24) is 4.98 Å². The summed E-state index contributed by atoms with van der Waals surface area (Å²) in [4.78, 5) is 14.5. The lowest BCUT2D eigenvalue weighted by Gasteiger charge is -2.05. The molecule has 1 atom stereocenters. The number of pyridine rings is 1. The Morgan fingerprint density at radius 2 is 2.25 bits per heavy atom. The summed E-state index contributed by atoms with van der Waals surface area (Å²) < 4.78 is 12.6. The predicted molar refractivity (Wildman–Crippen MR) is 43.3 cm³/mol. The highest BCUT2D eigenvalue weighted by Gasteiger charge is 2.11. The molecule has 12 heavy (non-hydrogen) atoms. The summed E-state index contributed by atoms with van der Waals surface area (Å²) in [6.07, 6.45) is 0. The van der Waals surface area contributed by atoms with Gasteiger partial charge in [-0.1, -0.05) is 6.07 Å². The quantitative estimate of drug-likeness (QED) is 0.630. The van der Waals surface area contributed by atoms with E-state index in [9.17, 15) is 9.18 Å². The lowest BCUT2D eigenvalue weighted by molar-refractivity contribution is -0.118. The van der Waals surface area contributed by atoms with Crippen LogP contribution in [0.1, 0.15) is 25.5 Å². The molecule has 0 spiro atoms. The van der Waals surface area contributed by atoms with E-state index in [4.69, 9.17) is 0 Å². The molecule has 3 heteroatoms. The van der Waals surface area contributed by atoms with E-state index in [-0.39, 0.29) is 11.7 Å². The van der Waals surface area contributed by atoms with Crippen molar-refractivity contribution in [3.63, 3.8) is 0 Å². The average molecular weight is 167 g/mol. The normalized spacial score (nSPS) is 12.6. The van der Waals surface area contributed by atoms with Crippen molar-refractivity contribution in [2.75, 3.05) is 0 Å². The maximum Gasteiger partial charge on any atom is 0.213 e.